The minimum Gasteiger partial charge on any atom is -0.508 e. The summed E-state index contributed by atoms with van der Waals surface area (Å²) in [4.78, 5) is 21.2. The van der Waals surface area contributed by atoms with Crippen LogP contribution in [-0.2, 0) is 7.05 Å². The number of hydrogen-bond donors (Lipinski definition) is 3. The number of aromatic nitrogens is 2. The topological polar surface area (TPSA) is 92.3 Å². The fourth-order valence-corrected chi connectivity index (χ4v) is 4.24. The molecule has 30 heavy (non-hydrogen) atoms. The second kappa shape index (κ2) is 6.77. The van der Waals surface area contributed by atoms with Crippen LogP contribution in [0.4, 0.5) is 5.69 Å². The van der Waals surface area contributed by atoms with Crippen molar-refractivity contribution in [3.05, 3.63) is 47.5 Å². The van der Waals surface area contributed by atoms with Crippen molar-refractivity contribution in [2.45, 2.75) is 0 Å². The number of anilines is 1. The SMILES string of the molecule is Cn1cc(/C=C2\Oc3cc(O)cc(O)c3C2=O)c2c(N3CC[NH+](C)CC3)ccnc21. The van der Waals surface area contributed by atoms with Crippen LogP contribution in [-0.4, -0.2) is 58.8 Å². The summed E-state index contributed by atoms with van der Waals surface area (Å²) in [6.45, 7) is 4.02. The van der Waals surface area contributed by atoms with Crippen LogP contribution in [0.1, 0.15) is 15.9 Å². The number of Topliss-reactive ketones (excluding diaryl/α,β-unsaturated/α-hetero) is 1. The van der Waals surface area contributed by atoms with Crippen LogP contribution in [0.15, 0.2) is 36.4 Å². The zero-order valence-corrected chi connectivity index (χ0v) is 16.8. The van der Waals surface area contributed by atoms with E-state index in [0.717, 1.165) is 54.5 Å². The molecule has 4 heterocycles. The quantitative estimate of drug-likeness (QED) is 0.548. The van der Waals surface area contributed by atoms with Crippen molar-refractivity contribution in [3.63, 3.8) is 0 Å². The van der Waals surface area contributed by atoms with Gasteiger partial charge in [0.05, 0.1) is 38.9 Å². The van der Waals surface area contributed by atoms with Crippen LogP contribution in [0.25, 0.3) is 17.1 Å². The second-order valence-electron chi connectivity index (χ2n) is 7.95. The number of likely N-dealkylation sites (N-methyl/N-ethyl adjacent to an activating group) is 1. The molecular weight excluding hydrogens is 384 g/mol. The first-order valence-corrected chi connectivity index (χ1v) is 9.93. The summed E-state index contributed by atoms with van der Waals surface area (Å²) in [7, 11) is 4.12. The summed E-state index contributed by atoms with van der Waals surface area (Å²) in [5.41, 5.74) is 2.80. The lowest BCUT2D eigenvalue weighted by atomic mass is 10.1. The lowest BCUT2D eigenvalue weighted by Crippen LogP contribution is -3.12. The number of aromatic hydroxyl groups is 2. The number of ether oxygens (including phenoxy) is 1. The minimum atomic E-state index is -0.409. The number of fused-ring (bicyclic) bond motifs is 2. The van der Waals surface area contributed by atoms with Gasteiger partial charge in [0, 0.05) is 42.5 Å². The monoisotopic (exact) mass is 407 g/mol. The average molecular weight is 407 g/mol. The van der Waals surface area contributed by atoms with Crippen molar-refractivity contribution >= 4 is 28.6 Å². The number of allylic oxidation sites excluding steroid dienone is 1. The van der Waals surface area contributed by atoms with Crippen LogP contribution >= 0.6 is 0 Å². The van der Waals surface area contributed by atoms with Gasteiger partial charge in [0.25, 0.3) is 0 Å². The first-order chi connectivity index (χ1) is 14.4. The van der Waals surface area contributed by atoms with E-state index in [1.54, 1.807) is 6.08 Å². The van der Waals surface area contributed by atoms with E-state index in [1.807, 2.05) is 30.1 Å². The lowest BCUT2D eigenvalue weighted by molar-refractivity contribution is -0.880. The maximum absolute atomic E-state index is 12.8. The van der Waals surface area contributed by atoms with E-state index in [4.69, 9.17) is 4.74 Å². The summed E-state index contributed by atoms with van der Waals surface area (Å²) in [6, 6.07) is 4.48. The van der Waals surface area contributed by atoms with Crippen molar-refractivity contribution in [1.29, 1.82) is 0 Å². The predicted octanol–water partition coefficient (Wildman–Crippen LogP) is 0.935. The lowest BCUT2D eigenvalue weighted by Gasteiger charge is -2.32. The second-order valence-corrected chi connectivity index (χ2v) is 7.95. The number of benzene rings is 1. The Morgan fingerprint density at radius 1 is 1.23 bits per heavy atom. The molecule has 2 aromatic heterocycles. The fraction of sp³-hybridized carbons (Fsp3) is 0.273. The van der Waals surface area contributed by atoms with Gasteiger partial charge in [-0.15, -0.1) is 0 Å². The van der Waals surface area contributed by atoms with Crippen LogP contribution in [0.3, 0.4) is 0 Å². The maximum atomic E-state index is 12.8. The number of phenolic OH excluding ortho intramolecular Hbond substituents is 2. The number of nitrogens with zero attached hydrogens (tertiary/aromatic N) is 3. The summed E-state index contributed by atoms with van der Waals surface area (Å²) in [6.07, 6.45) is 5.42. The number of hydrogen-bond acceptors (Lipinski definition) is 6. The van der Waals surface area contributed by atoms with Gasteiger partial charge < -0.3 is 29.3 Å². The van der Waals surface area contributed by atoms with Crippen molar-refractivity contribution in [3.8, 4) is 17.2 Å². The van der Waals surface area contributed by atoms with E-state index in [-0.39, 0.29) is 28.6 Å². The molecular formula is C22H23N4O4+. The Hall–Kier alpha value is -3.52. The molecule has 0 amide bonds. The molecule has 1 fully saturated rings. The Morgan fingerprint density at radius 2 is 2.00 bits per heavy atom. The largest absolute Gasteiger partial charge is 0.508 e. The number of pyridine rings is 1. The van der Waals surface area contributed by atoms with Crippen molar-refractivity contribution < 1.29 is 24.6 Å². The molecule has 2 aliphatic heterocycles. The van der Waals surface area contributed by atoms with Gasteiger partial charge in [-0.1, -0.05) is 0 Å². The zero-order valence-electron chi connectivity index (χ0n) is 16.8. The molecule has 154 valence electrons. The third kappa shape index (κ3) is 2.88. The molecule has 2 aliphatic rings. The Morgan fingerprint density at radius 3 is 2.77 bits per heavy atom. The number of piperazine rings is 1. The van der Waals surface area contributed by atoms with E-state index in [1.165, 1.54) is 11.0 Å². The summed E-state index contributed by atoms with van der Waals surface area (Å²) < 4.78 is 7.62. The number of carbonyl (C=O) groups excluding carboxylic acids is 1. The zero-order chi connectivity index (χ0) is 21.0. The highest BCUT2D eigenvalue weighted by atomic mass is 16.5. The standard InChI is InChI=1S/C22H22N4O4/c1-24-5-7-26(8-6-24)15-3-4-23-22-19(15)13(12-25(22)2)9-18-21(29)20-16(28)10-14(27)11-17(20)30-18/h3-4,9-12,27-28H,5-8H2,1-2H3/p+1/b18-9-. The van der Waals surface area contributed by atoms with Gasteiger partial charge in [0.2, 0.25) is 5.78 Å². The molecule has 1 aromatic carbocycles. The van der Waals surface area contributed by atoms with E-state index in [9.17, 15) is 15.0 Å². The van der Waals surface area contributed by atoms with Crippen molar-refractivity contribution in [2.24, 2.45) is 7.05 Å². The highest BCUT2D eigenvalue weighted by Crippen LogP contribution is 2.41. The van der Waals surface area contributed by atoms with E-state index < -0.39 is 5.78 Å². The van der Waals surface area contributed by atoms with Crippen molar-refractivity contribution in [2.75, 3.05) is 38.1 Å². The van der Waals surface area contributed by atoms with Gasteiger partial charge in [0.1, 0.15) is 28.5 Å². The fourth-order valence-electron chi connectivity index (χ4n) is 4.24. The van der Waals surface area contributed by atoms with E-state index in [2.05, 4.69) is 16.9 Å². The molecule has 8 nitrogen and oxygen atoms in total. The number of nitrogens with one attached hydrogen (secondary N) is 1. The Balaban J connectivity index is 1.60. The van der Waals surface area contributed by atoms with Gasteiger partial charge >= 0.3 is 0 Å². The van der Waals surface area contributed by atoms with Crippen LogP contribution in [0.2, 0.25) is 0 Å². The molecule has 0 radical (unpaired) electrons. The van der Waals surface area contributed by atoms with E-state index >= 15 is 0 Å². The van der Waals surface area contributed by atoms with Gasteiger partial charge in [-0.2, -0.15) is 0 Å². The van der Waals surface area contributed by atoms with Gasteiger partial charge in [0.15, 0.2) is 5.76 Å². The Bertz CT molecular complexity index is 1210. The predicted molar refractivity (Wildman–Crippen MR) is 112 cm³/mol. The highest BCUT2D eigenvalue weighted by molar-refractivity contribution is 6.17. The molecule has 0 atom stereocenters. The molecule has 3 N–H and O–H groups in total. The van der Waals surface area contributed by atoms with Gasteiger partial charge in [-0.05, 0) is 12.1 Å². The molecule has 0 saturated carbocycles. The molecule has 3 aromatic rings. The number of carbonyl (C=O) groups is 1. The number of aryl methyl sites for hydroxylation is 1. The highest BCUT2D eigenvalue weighted by Gasteiger charge is 2.32. The molecule has 5 rings (SSSR count). The number of quaternary nitrogens is 1. The Kier molecular flexibility index (Phi) is 4.18. The molecule has 0 spiro atoms. The molecule has 0 unspecified atom stereocenters. The van der Waals surface area contributed by atoms with E-state index in [0.29, 0.717) is 0 Å². The number of rotatable bonds is 2. The smallest absolute Gasteiger partial charge is 0.235 e. The summed E-state index contributed by atoms with van der Waals surface area (Å²) >= 11 is 0. The molecule has 0 aliphatic carbocycles. The van der Waals surface area contributed by atoms with Gasteiger partial charge in [-0.3, -0.25) is 4.79 Å². The van der Waals surface area contributed by atoms with Crippen LogP contribution in [0, 0.1) is 0 Å². The normalized spacial score (nSPS) is 18.3. The maximum Gasteiger partial charge on any atom is 0.235 e. The molecule has 8 heteroatoms. The average Bonchev–Trinajstić information content (AvgIpc) is 3.19. The third-order valence-corrected chi connectivity index (χ3v) is 5.85. The van der Waals surface area contributed by atoms with Crippen LogP contribution in [0.5, 0.6) is 17.2 Å². The summed E-state index contributed by atoms with van der Waals surface area (Å²) in [5.74, 6) is -0.596. The number of phenols is 2. The summed E-state index contributed by atoms with van der Waals surface area (Å²) in [5, 5.41) is 20.7. The van der Waals surface area contributed by atoms with Gasteiger partial charge in [-0.25, -0.2) is 4.98 Å². The van der Waals surface area contributed by atoms with Crippen LogP contribution < -0.4 is 14.5 Å². The first kappa shape index (κ1) is 18.5. The first-order valence-electron chi connectivity index (χ1n) is 9.93. The minimum absolute atomic E-state index is 0.0691. The third-order valence-electron chi connectivity index (χ3n) is 5.85. The number of ketones is 1. The molecule has 0 bridgehead atoms. The Labute approximate surface area is 173 Å². The van der Waals surface area contributed by atoms with Crippen molar-refractivity contribution in [1.82, 2.24) is 9.55 Å². The molecule has 1 saturated heterocycles.